The van der Waals surface area contributed by atoms with Gasteiger partial charge in [-0.2, -0.15) is 0 Å². The second kappa shape index (κ2) is 10.3. The molecule has 3 aromatic rings. The van der Waals surface area contributed by atoms with E-state index >= 15 is 0 Å². The summed E-state index contributed by atoms with van der Waals surface area (Å²) in [6.45, 7) is 3.94. The van der Waals surface area contributed by atoms with Crippen molar-refractivity contribution in [2.24, 2.45) is 0 Å². The number of halogens is 2. The lowest BCUT2D eigenvalue weighted by Gasteiger charge is -2.24. The molecule has 1 heterocycles. The van der Waals surface area contributed by atoms with Gasteiger partial charge in [-0.25, -0.2) is 4.39 Å². The molecule has 0 spiro atoms. The monoisotopic (exact) mass is 412 g/mol. The summed E-state index contributed by atoms with van der Waals surface area (Å²) in [6, 6.07) is 17.7. The van der Waals surface area contributed by atoms with Crippen molar-refractivity contribution in [3.63, 3.8) is 0 Å². The predicted octanol–water partition coefficient (Wildman–Crippen LogP) is 6.16. The SMILES string of the molecule is CCCCCN(Cc1cccn1Cc1cccc(Cl)c1)C(=O)c1cccc(F)c1. The van der Waals surface area contributed by atoms with Crippen molar-refractivity contribution in [1.29, 1.82) is 0 Å². The van der Waals surface area contributed by atoms with E-state index in [9.17, 15) is 9.18 Å². The number of hydrogen-bond donors (Lipinski definition) is 0. The van der Waals surface area contributed by atoms with E-state index in [2.05, 4.69) is 11.5 Å². The molecule has 3 nitrogen and oxygen atoms in total. The standard InChI is InChI=1S/C24H26ClFN2O/c1-2-3-4-13-28(24(29)20-9-6-11-22(26)16-20)18-23-12-7-14-27(23)17-19-8-5-10-21(25)15-19/h5-12,14-16H,2-4,13,17-18H2,1H3. The van der Waals surface area contributed by atoms with E-state index in [0.29, 0.717) is 30.2 Å². The number of unbranched alkanes of at least 4 members (excludes halogenated alkanes) is 2. The number of rotatable bonds is 9. The minimum absolute atomic E-state index is 0.142. The maximum Gasteiger partial charge on any atom is 0.254 e. The van der Waals surface area contributed by atoms with Crippen molar-refractivity contribution in [2.75, 3.05) is 6.54 Å². The van der Waals surface area contributed by atoms with Crippen molar-refractivity contribution in [3.05, 3.63) is 94.5 Å². The average Bonchev–Trinajstić information content (AvgIpc) is 3.13. The molecule has 0 radical (unpaired) electrons. The number of benzene rings is 2. The molecule has 0 saturated heterocycles. The highest BCUT2D eigenvalue weighted by molar-refractivity contribution is 6.30. The summed E-state index contributed by atoms with van der Waals surface area (Å²) in [6.07, 6.45) is 5.06. The third kappa shape index (κ3) is 5.94. The molecule has 0 aliphatic carbocycles. The lowest BCUT2D eigenvalue weighted by molar-refractivity contribution is 0.0736. The fraction of sp³-hybridized carbons (Fsp3) is 0.292. The molecule has 3 rings (SSSR count). The van der Waals surface area contributed by atoms with Crippen LogP contribution in [0.5, 0.6) is 0 Å². The van der Waals surface area contributed by atoms with E-state index in [0.717, 1.165) is 30.5 Å². The second-order valence-corrected chi connectivity index (χ2v) is 7.64. The van der Waals surface area contributed by atoms with Gasteiger partial charge in [-0.05, 0) is 54.4 Å². The topological polar surface area (TPSA) is 25.2 Å². The number of carbonyl (C=O) groups excluding carboxylic acids is 1. The lowest BCUT2D eigenvalue weighted by atomic mass is 10.1. The third-order valence-electron chi connectivity index (χ3n) is 4.91. The number of amides is 1. The van der Waals surface area contributed by atoms with Crippen LogP contribution in [-0.2, 0) is 13.1 Å². The molecule has 2 aromatic carbocycles. The molecular formula is C24H26ClFN2O. The first-order valence-corrected chi connectivity index (χ1v) is 10.4. The minimum atomic E-state index is -0.395. The zero-order valence-electron chi connectivity index (χ0n) is 16.7. The van der Waals surface area contributed by atoms with Crippen LogP contribution in [0.4, 0.5) is 4.39 Å². The largest absolute Gasteiger partial charge is 0.345 e. The maximum absolute atomic E-state index is 13.6. The first-order valence-electron chi connectivity index (χ1n) is 10.00. The van der Waals surface area contributed by atoms with Gasteiger partial charge in [0.1, 0.15) is 5.82 Å². The fourth-order valence-electron chi connectivity index (χ4n) is 3.38. The fourth-order valence-corrected chi connectivity index (χ4v) is 3.60. The molecule has 0 bridgehead atoms. The Morgan fingerprint density at radius 1 is 1.07 bits per heavy atom. The summed E-state index contributed by atoms with van der Waals surface area (Å²) in [5.74, 6) is -0.537. The summed E-state index contributed by atoms with van der Waals surface area (Å²) >= 11 is 6.11. The Hall–Kier alpha value is -2.59. The number of hydrogen-bond acceptors (Lipinski definition) is 1. The van der Waals surface area contributed by atoms with Crippen LogP contribution in [0.15, 0.2) is 66.9 Å². The highest BCUT2D eigenvalue weighted by atomic mass is 35.5. The summed E-state index contributed by atoms with van der Waals surface area (Å²) in [4.78, 5) is 14.9. The van der Waals surface area contributed by atoms with Crippen molar-refractivity contribution in [1.82, 2.24) is 9.47 Å². The molecule has 0 atom stereocenters. The van der Waals surface area contributed by atoms with Crippen molar-refractivity contribution in [2.45, 2.75) is 39.3 Å². The molecule has 0 unspecified atom stereocenters. The average molecular weight is 413 g/mol. The van der Waals surface area contributed by atoms with Crippen molar-refractivity contribution < 1.29 is 9.18 Å². The maximum atomic E-state index is 13.6. The Morgan fingerprint density at radius 3 is 2.66 bits per heavy atom. The third-order valence-corrected chi connectivity index (χ3v) is 5.14. The van der Waals surface area contributed by atoms with Crippen LogP contribution >= 0.6 is 11.6 Å². The van der Waals surface area contributed by atoms with Gasteiger partial charge in [0.15, 0.2) is 0 Å². The molecule has 29 heavy (non-hydrogen) atoms. The smallest absolute Gasteiger partial charge is 0.254 e. The summed E-state index contributed by atoms with van der Waals surface area (Å²) in [5, 5.41) is 0.707. The number of nitrogens with zero attached hydrogens (tertiary/aromatic N) is 2. The van der Waals surface area contributed by atoms with Gasteiger partial charge in [0, 0.05) is 35.6 Å². The van der Waals surface area contributed by atoms with Crippen molar-refractivity contribution in [3.8, 4) is 0 Å². The Kier molecular flexibility index (Phi) is 7.48. The minimum Gasteiger partial charge on any atom is -0.345 e. The molecule has 5 heteroatoms. The number of carbonyl (C=O) groups is 1. The van der Waals surface area contributed by atoms with E-state index in [-0.39, 0.29) is 5.91 Å². The molecule has 152 valence electrons. The molecular weight excluding hydrogens is 387 g/mol. The normalized spacial score (nSPS) is 10.9. The van der Waals surface area contributed by atoms with Crippen LogP contribution in [0.1, 0.15) is 47.8 Å². The van der Waals surface area contributed by atoms with Gasteiger partial charge in [0.2, 0.25) is 0 Å². The highest BCUT2D eigenvalue weighted by Gasteiger charge is 2.18. The summed E-state index contributed by atoms with van der Waals surface area (Å²) in [5.41, 5.74) is 2.52. The molecule has 0 fully saturated rings. The molecule has 0 aliphatic rings. The van der Waals surface area contributed by atoms with Gasteiger partial charge in [-0.1, -0.05) is 49.6 Å². The Labute approximate surface area is 176 Å². The van der Waals surface area contributed by atoms with Gasteiger partial charge < -0.3 is 9.47 Å². The molecule has 1 aromatic heterocycles. The predicted molar refractivity (Wildman–Crippen MR) is 116 cm³/mol. The first-order chi connectivity index (χ1) is 14.1. The van der Waals surface area contributed by atoms with Gasteiger partial charge in [0.05, 0.1) is 6.54 Å². The van der Waals surface area contributed by atoms with Crippen LogP contribution < -0.4 is 0 Å². The Balaban J connectivity index is 1.79. The van der Waals surface area contributed by atoms with Gasteiger partial charge in [0.25, 0.3) is 5.91 Å². The van der Waals surface area contributed by atoms with Crippen LogP contribution in [0.25, 0.3) is 0 Å². The molecule has 1 amide bonds. The number of aromatic nitrogens is 1. The van der Waals surface area contributed by atoms with E-state index in [1.54, 1.807) is 12.1 Å². The van der Waals surface area contributed by atoms with Gasteiger partial charge in [-0.15, -0.1) is 0 Å². The second-order valence-electron chi connectivity index (χ2n) is 7.20. The van der Waals surface area contributed by atoms with E-state index in [4.69, 9.17) is 11.6 Å². The molecule has 0 N–H and O–H groups in total. The highest BCUT2D eigenvalue weighted by Crippen LogP contribution is 2.17. The van der Waals surface area contributed by atoms with Crippen LogP contribution in [-0.4, -0.2) is 21.9 Å². The van der Waals surface area contributed by atoms with E-state index in [1.807, 2.05) is 47.5 Å². The molecule has 0 aliphatic heterocycles. The van der Waals surface area contributed by atoms with Crippen LogP contribution in [0.2, 0.25) is 5.02 Å². The zero-order chi connectivity index (χ0) is 20.6. The zero-order valence-corrected chi connectivity index (χ0v) is 17.4. The van der Waals surface area contributed by atoms with Crippen LogP contribution in [0.3, 0.4) is 0 Å². The molecule has 0 saturated carbocycles. The quantitative estimate of drug-likeness (QED) is 0.386. The van der Waals surface area contributed by atoms with Crippen molar-refractivity contribution >= 4 is 17.5 Å². The Bertz CT molecular complexity index is 953. The summed E-state index contributed by atoms with van der Waals surface area (Å²) in [7, 11) is 0. The van der Waals surface area contributed by atoms with Gasteiger partial charge in [-0.3, -0.25) is 4.79 Å². The summed E-state index contributed by atoms with van der Waals surface area (Å²) < 4.78 is 15.8. The van der Waals surface area contributed by atoms with Gasteiger partial charge >= 0.3 is 0 Å². The van der Waals surface area contributed by atoms with E-state index < -0.39 is 5.82 Å². The van der Waals surface area contributed by atoms with Crippen LogP contribution in [0, 0.1) is 5.82 Å². The first kappa shape index (κ1) is 21.1. The Morgan fingerprint density at radius 2 is 1.90 bits per heavy atom. The van der Waals surface area contributed by atoms with E-state index in [1.165, 1.54) is 12.1 Å². The lowest BCUT2D eigenvalue weighted by Crippen LogP contribution is -2.32.